The summed E-state index contributed by atoms with van der Waals surface area (Å²) < 4.78 is 0. The summed E-state index contributed by atoms with van der Waals surface area (Å²) >= 11 is 0. The Kier molecular flexibility index (Phi) is 7.36. The number of piperidine rings is 2. The Morgan fingerprint density at radius 2 is 1.94 bits per heavy atom. The molecule has 0 radical (unpaired) electrons. The number of amides is 1. The van der Waals surface area contributed by atoms with E-state index >= 15 is 0 Å². The lowest BCUT2D eigenvalue weighted by atomic mass is 9.93. The molecule has 166 valence electrons. The van der Waals surface area contributed by atoms with Crippen LogP contribution >= 0.6 is 0 Å². The number of pyridine rings is 1. The molecule has 2 aromatic rings. The molecule has 31 heavy (non-hydrogen) atoms. The number of aryl methyl sites for hydroxylation is 2. The Labute approximate surface area is 186 Å². The van der Waals surface area contributed by atoms with E-state index in [1.165, 1.54) is 29.5 Å². The first-order valence-corrected chi connectivity index (χ1v) is 11.8. The molecule has 3 heterocycles. The molecule has 1 atom stereocenters. The molecular formula is C26H36N4O. The van der Waals surface area contributed by atoms with Crippen molar-refractivity contribution in [1.29, 1.82) is 0 Å². The van der Waals surface area contributed by atoms with Crippen LogP contribution in [0.1, 0.15) is 48.1 Å². The monoisotopic (exact) mass is 420 g/mol. The summed E-state index contributed by atoms with van der Waals surface area (Å²) in [4.78, 5) is 22.2. The zero-order chi connectivity index (χ0) is 21.6. The highest BCUT2D eigenvalue weighted by molar-refractivity contribution is 5.78. The summed E-state index contributed by atoms with van der Waals surface area (Å²) in [6.45, 7) is 10.3. The van der Waals surface area contributed by atoms with Crippen LogP contribution in [0.4, 0.5) is 0 Å². The van der Waals surface area contributed by atoms with Crippen molar-refractivity contribution in [3.8, 4) is 0 Å². The molecule has 5 nitrogen and oxygen atoms in total. The second kappa shape index (κ2) is 10.4. The number of rotatable bonds is 6. The van der Waals surface area contributed by atoms with Crippen molar-refractivity contribution in [2.24, 2.45) is 5.92 Å². The highest BCUT2D eigenvalue weighted by Crippen LogP contribution is 2.25. The molecule has 2 aliphatic heterocycles. The van der Waals surface area contributed by atoms with Gasteiger partial charge < -0.3 is 5.32 Å². The zero-order valence-corrected chi connectivity index (χ0v) is 19.0. The van der Waals surface area contributed by atoms with Gasteiger partial charge in [0, 0.05) is 25.3 Å². The van der Waals surface area contributed by atoms with Crippen LogP contribution in [0.3, 0.4) is 0 Å². The van der Waals surface area contributed by atoms with E-state index in [4.69, 9.17) is 0 Å². The van der Waals surface area contributed by atoms with Gasteiger partial charge in [-0.05, 0) is 82.4 Å². The second-order valence-corrected chi connectivity index (χ2v) is 9.31. The molecule has 2 saturated heterocycles. The summed E-state index contributed by atoms with van der Waals surface area (Å²) in [6.07, 6.45) is 6.29. The van der Waals surface area contributed by atoms with Gasteiger partial charge in [0.25, 0.3) is 0 Å². The molecule has 2 aliphatic rings. The summed E-state index contributed by atoms with van der Waals surface area (Å²) in [5, 5.41) is 3.10. The fraction of sp³-hybridized carbons (Fsp3) is 0.538. The van der Waals surface area contributed by atoms with Crippen molar-refractivity contribution in [2.75, 3.05) is 26.2 Å². The van der Waals surface area contributed by atoms with E-state index in [0.29, 0.717) is 12.6 Å². The summed E-state index contributed by atoms with van der Waals surface area (Å²) in [5.74, 6) is 0.285. The van der Waals surface area contributed by atoms with E-state index in [1.807, 2.05) is 18.2 Å². The second-order valence-electron chi connectivity index (χ2n) is 9.31. The summed E-state index contributed by atoms with van der Waals surface area (Å²) in [5.41, 5.74) is 5.11. The van der Waals surface area contributed by atoms with Gasteiger partial charge in [-0.3, -0.25) is 19.6 Å². The molecular weight excluding hydrogens is 384 g/mol. The Balaban J connectivity index is 1.24. The minimum absolute atomic E-state index is 0.102. The van der Waals surface area contributed by atoms with E-state index in [0.717, 1.165) is 51.3 Å². The molecule has 0 aliphatic carbocycles. The lowest BCUT2D eigenvalue weighted by Gasteiger charge is -2.42. The Morgan fingerprint density at radius 1 is 1.10 bits per heavy atom. The van der Waals surface area contributed by atoms with E-state index in [-0.39, 0.29) is 11.8 Å². The van der Waals surface area contributed by atoms with Gasteiger partial charge in [-0.15, -0.1) is 0 Å². The van der Waals surface area contributed by atoms with Crippen LogP contribution in [0.15, 0.2) is 42.6 Å². The molecule has 1 aromatic carbocycles. The van der Waals surface area contributed by atoms with Crippen molar-refractivity contribution in [2.45, 2.75) is 58.7 Å². The minimum Gasteiger partial charge on any atom is -0.350 e. The van der Waals surface area contributed by atoms with Gasteiger partial charge in [0.1, 0.15) is 0 Å². The SMILES string of the molecule is Cc1ccc(C)c(CN2CCC(N3CCC[C@H](C(=O)NCc4ccccn4)C3)CC2)c1. The third-order valence-corrected chi connectivity index (χ3v) is 6.97. The van der Waals surface area contributed by atoms with Gasteiger partial charge in [-0.1, -0.05) is 29.8 Å². The van der Waals surface area contributed by atoms with Crippen LogP contribution in [0.5, 0.6) is 0 Å². The highest BCUT2D eigenvalue weighted by atomic mass is 16.1. The van der Waals surface area contributed by atoms with Crippen LogP contribution in [0.2, 0.25) is 0 Å². The van der Waals surface area contributed by atoms with Gasteiger partial charge in [0.05, 0.1) is 18.2 Å². The molecule has 2 fully saturated rings. The maximum absolute atomic E-state index is 12.7. The number of carbonyl (C=O) groups is 1. The largest absolute Gasteiger partial charge is 0.350 e. The van der Waals surface area contributed by atoms with Crippen molar-refractivity contribution < 1.29 is 4.79 Å². The van der Waals surface area contributed by atoms with Crippen LogP contribution in [0, 0.1) is 19.8 Å². The number of hydrogen-bond donors (Lipinski definition) is 1. The normalized spacial score (nSPS) is 21.2. The van der Waals surface area contributed by atoms with Gasteiger partial charge in [0.2, 0.25) is 5.91 Å². The molecule has 0 bridgehead atoms. The summed E-state index contributed by atoms with van der Waals surface area (Å²) in [7, 11) is 0. The Bertz CT molecular complexity index is 861. The topological polar surface area (TPSA) is 48.5 Å². The van der Waals surface area contributed by atoms with Crippen LogP contribution in [-0.4, -0.2) is 52.9 Å². The quantitative estimate of drug-likeness (QED) is 0.774. The maximum atomic E-state index is 12.7. The van der Waals surface area contributed by atoms with Crippen LogP contribution in [-0.2, 0) is 17.9 Å². The number of likely N-dealkylation sites (tertiary alicyclic amines) is 2. The molecule has 5 heteroatoms. The molecule has 1 aromatic heterocycles. The standard InChI is InChI=1S/C26H36N4O/c1-20-8-9-21(2)23(16-20)18-29-14-10-25(11-15-29)30-13-5-6-22(19-30)26(31)28-17-24-7-3-4-12-27-24/h3-4,7-9,12,16,22,25H,5-6,10-11,13-15,17-19H2,1-2H3,(H,28,31)/t22-/m0/s1. The average Bonchev–Trinajstić information content (AvgIpc) is 2.81. The van der Waals surface area contributed by atoms with Crippen molar-refractivity contribution >= 4 is 5.91 Å². The van der Waals surface area contributed by atoms with Crippen molar-refractivity contribution in [3.05, 3.63) is 65.0 Å². The van der Waals surface area contributed by atoms with Crippen LogP contribution < -0.4 is 5.32 Å². The predicted molar refractivity (Wildman–Crippen MR) is 125 cm³/mol. The summed E-state index contributed by atoms with van der Waals surface area (Å²) in [6, 6.07) is 13.2. The zero-order valence-electron chi connectivity index (χ0n) is 19.0. The lowest BCUT2D eigenvalue weighted by molar-refractivity contribution is -0.127. The first-order valence-electron chi connectivity index (χ1n) is 11.8. The number of nitrogens with zero attached hydrogens (tertiary/aromatic N) is 3. The number of hydrogen-bond acceptors (Lipinski definition) is 4. The fourth-order valence-electron chi connectivity index (χ4n) is 5.03. The fourth-order valence-corrected chi connectivity index (χ4v) is 5.03. The highest BCUT2D eigenvalue weighted by Gasteiger charge is 2.31. The smallest absolute Gasteiger partial charge is 0.224 e. The minimum atomic E-state index is 0.102. The van der Waals surface area contributed by atoms with Crippen molar-refractivity contribution in [1.82, 2.24) is 20.1 Å². The van der Waals surface area contributed by atoms with Crippen molar-refractivity contribution in [3.63, 3.8) is 0 Å². The number of benzene rings is 1. The Morgan fingerprint density at radius 3 is 2.71 bits per heavy atom. The first kappa shape index (κ1) is 22.0. The average molecular weight is 421 g/mol. The van der Waals surface area contributed by atoms with Gasteiger partial charge in [-0.25, -0.2) is 0 Å². The van der Waals surface area contributed by atoms with E-state index < -0.39 is 0 Å². The Hall–Kier alpha value is -2.24. The van der Waals surface area contributed by atoms with E-state index in [2.05, 4.69) is 52.1 Å². The molecule has 1 N–H and O–H groups in total. The molecule has 0 unspecified atom stereocenters. The van der Waals surface area contributed by atoms with Gasteiger partial charge >= 0.3 is 0 Å². The van der Waals surface area contributed by atoms with E-state index in [1.54, 1.807) is 6.20 Å². The number of nitrogens with one attached hydrogen (secondary N) is 1. The molecule has 0 spiro atoms. The molecule has 1 amide bonds. The predicted octanol–water partition coefficient (Wildman–Crippen LogP) is 3.69. The van der Waals surface area contributed by atoms with Crippen LogP contribution in [0.25, 0.3) is 0 Å². The third-order valence-electron chi connectivity index (χ3n) is 6.97. The van der Waals surface area contributed by atoms with Gasteiger partial charge in [0.15, 0.2) is 0 Å². The molecule has 0 saturated carbocycles. The third kappa shape index (κ3) is 5.92. The molecule has 4 rings (SSSR count). The van der Waals surface area contributed by atoms with Gasteiger partial charge in [-0.2, -0.15) is 0 Å². The lowest BCUT2D eigenvalue weighted by Crippen LogP contribution is -2.50. The number of aromatic nitrogens is 1. The first-order chi connectivity index (χ1) is 15.1. The maximum Gasteiger partial charge on any atom is 0.224 e. The van der Waals surface area contributed by atoms with E-state index in [9.17, 15) is 4.79 Å². The number of carbonyl (C=O) groups excluding carboxylic acids is 1.